The predicted octanol–water partition coefficient (Wildman–Crippen LogP) is 2.88. The molecule has 0 spiro atoms. The van der Waals surface area contributed by atoms with Gasteiger partial charge in [0.15, 0.2) is 0 Å². The molecule has 1 aliphatic rings. The minimum Gasteiger partial charge on any atom is -0.400 e. The van der Waals surface area contributed by atoms with Gasteiger partial charge in [0.1, 0.15) is 17.8 Å². The quantitative estimate of drug-likeness (QED) is 0.559. The minimum absolute atomic E-state index is 0.289. The lowest BCUT2D eigenvalue weighted by molar-refractivity contribution is 0.0407. The first-order valence-corrected chi connectivity index (χ1v) is 9.21. The number of rotatable bonds is 3. The molecule has 1 aromatic carbocycles. The molecule has 0 aliphatic carbocycles. The molecule has 1 fully saturated rings. The molecule has 1 saturated heterocycles. The van der Waals surface area contributed by atoms with Crippen LogP contribution in [0.4, 0.5) is 4.39 Å². The van der Waals surface area contributed by atoms with Crippen molar-refractivity contribution in [3.63, 3.8) is 0 Å². The molecular weight excluding hydrogens is 371 g/mol. The summed E-state index contributed by atoms with van der Waals surface area (Å²) in [5.74, 6) is -0.289. The number of benzene rings is 1. The highest BCUT2D eigenvalue weighted by Gasteiger charge is 2.43. The van der Waals surface area contributed by atoms with Crippen molar-refractivity contribution in [2.24, 2.45) is 0 Å². The molecule has 5 rings (SSSR count). The summed E-state index contributed by atoms with van der Waals surface area (Å²) in [6.07, 6.45) is 5.76. The Morgan fingerprint density at radius 3 is 2.76 bits per heavy atom. The van der Waals surface area contributed by atoms with Crippen molar-refractivity contribution >= 4 is 21.9 Å². The van der Waals surface area contributed by atoms with Crippen LogP contribution in [0.5, 0.6) is 0 Å². The second kappa shape index (κ2) is 7.28. The average molecular weight is 392 g/mol. The van der Waals surface area contributed by atoms with Gasteiger partial charge >= 0.3 is 0 Å². The third-order valence-corrected chi connectivity index (χ3v) is 5.42. The number of hydrogen-bond donors (Lipinski definition) is 2. The Morgan fingerprint density at radius 2 is 2.03 bits per heavy atom. The molecule has 0 bridgehead atoms. The fourth-order valence-electron chi connectivity index (χ4n) is 4.32. The minimum atomic E-state index is -0.349. The molecule has 4 heterocycles. The van der Waals surface area contributed by atoms with E-state index in [0.717, 1.165) is 53.4 Å². The van der Waals surface area contributed by atoms with Crippen molar-refractivity contribution in [1.29, 1.82) is 5.26 Å². The second-order valence-corrected chi connectivity index (χ2v) is 7.27. The first kappa shape index (κ1) is 19.1. The number of aliphatic hydroxyl groups excluding tert-OH is 1. The number of nitrogens with zero attached hydrogens (tertiary/aromatic N) is 5. The molecule has 0 atom stereocenters. The van der Waals surface area contributed by atoms with Crippen LogP contribution in [0.25, 0.3) is 33.2 Å². The summed E-state index contributed by atoms with van der Waals surface area (Å²) in [7, 11) is 3.02. The third-order valence-electron chi connectivity index (χ3n) is 5.42. The second-order valence-electron chi connectivity index (χ2n) is 7.27. The number of likely N-dealkylation sites (tertiary alicyclic amines) is 1. The molecular formula is C21H21FN6O. The fourth-order valence-corrected chi connectivity index (χ4v) is 4.32. The van der Waals surface area contributed by atoms with Gasteiger partial charge in [-0.05, 0) is 31.3 Å². The lowest BCUT2D eigenvalue weighted by atomic mass is 9.86. The highest BCUT2D eigenvalue weighted by atomic mass is 19.1. The zero-order chi connectivity index (χ0) is 20.6. The van der Waals surface area contributed by atoms with E-state index in [1.807, 2.05) is 25.5 Å². The van der Waals surface area contributed by atoms with Crippen molar-refractivity contribution in [2.75, 3.05) is 27.2 Å². The van der Waals surface area contributed by atoms with Crippen molar-refractivity contribution < 1.29 is 9.50 Å². The van der Waals surface area contributed by atoms with Gasteiger partial charge in [0.2, 0.25) is 0 Å². The predicted molar refractivity (Wildman–Crippen MR) is 109 cm³/mol. The van der Waals surface area contributed by atoms with E-state index >= 15 is 0 Å². The van der Waals surface area contributed by atoms with Crippen LogP contribution >= 0.6 is 0 Å². The smallest absolute Gasteiger partial charge is 0.141 e. The van der Waals surface area contributed by atoms with Gasteiger partial charge < -0.3 is 19.6 Å². The van der Waals surface area contributed by atoms with Gasteiger partial charge in [0.25, 0.3) is 0 Å². The molecule has 7 nitrogen and oxygen atoms in total. The summed E-state index contributed by atoms with van der Waals surface area (Å²) in [6, 6.07) is 9.06. The van der Waals surface area contributed by atoms with Gasteiger partial charge in [-0.25, -0.2) is 14.4 Å². The SMILES string of the molecule is CN1CC(CC#N)(n2cc(-c3ncnc4[nH]ccc34)c3ccc(F)cc32)C1.CO. The van der Waals surface area contributed by atoms with Gasteiger partial charge in [0.05, 0.1) is 29.2 Å². The summed E-state index contributed by atoms with van der Waals surface area (Å²) in [5, 5.41) is 18.2. The van der Waals surface area contributed by atoms with Gasteiger partial charge in [-0.2, -0.15) is 5.26 Å². The van der Waals surface area contributed by atoms with Crippen LogP contribution in [0.15, 0.2) is 43.0 Å². The van der Waals surface area contributed by atoms with Crippen molar-refractivity contribution in [2.45, 2.75) is 12.0 Å². The van der Waals surface area contributed by atoms with Crippen LogP contribution in [-0.4, -0.2) is 56.8 Å². The molecule has 1 aliphatic heterocycles. The lowest BCUT2D eigenvalue weighted by Gasteiger charge is -2.48. The maximum absolute atomic E-state index is 14.1. The Balaban J connectivity index is 0.000000994. The number of H-pyrrole nitrogens is 1. The molecule has 0 amide bonds. The van der Waals surface area contributed by atoms with Crippen molar-refractivity contribution in [3.8, 4) is 17.3 Å². The van der Waals surface area contributed by atoms with E-state index in [-0.39, 0.29) is 11.4 Å². The fraction of sp³-hybridized carbons (Fsp3) is 0.286. The van der Waals surface area contributed by atoms with E-state index in [1.54, 1.807) is 12.1 Å². The lowest BCUT2D eigenvalue weighted by Crippen LogP contribution is -2.60. The first-order chi connectivity index (χ1) is 14.1. The van der Waals surface area contributed by atoms with Crippen LogP contribution in [0, 0.1) is 17.1 Å². The number of aromatic nitrogens is 4. The summed E-state index contributed by atoms with van der Waals surface area (Å²) < 4.78 is 16.2. The van der Waals surface area contributed by atoms with Crippen LogP contribution in [-0.2, 0) is 5.54 Å². The van der Waals surface area contributed by atoms with E-state index < -0.39 is 0 Å². The number of halogens is 1. The summed E-state index contributed by atoms with van der Waals surface area (Å²) in [5.41, 5.74) is 2.92. The highest BCUT2D eigenvalue weighted by molar-refractivity contribution is 6.02. The molecule has 2 N–H and O–H groups in total. The maximum Gasteiger partial charge on any atom is 0.141 e. The Kier molecular flexibility index (Phi) is 4.78. The number of aromatic amines is 1. The number of likely N-dealkylation sites (N-methyl/N-ethyl adjacent to an activating group) is 1. The average Bonchev–Trinajstić information content (AvgIpc) is 3.32. The zero-order valence-corrected chi connectivity index (χ0v) is 16.2. The largest absolute Gasteiger partial charge is 0.400 e. The van der Waals surface area contributed by atoms with E-state index in [4.69, 9.17) is 5.11 Å². The van der Waals surface area contributed by atoms with E-state index in [9.17, 15) is 9.65 Å². The number of nitrogens with one attached hydrogen (secondary N) is 1. The van der Waals surface area contributed by atoms with E-state index in [0.29, 0.717) is 6.42 Å². The molecule has 4 aromatic rings. The number of fused-ring (bicyclic) bond motifs is 2. The molecule has 0 saturated carbocycles. The molecule has 8 heteroatoms. The highest BCUT2D eigenvalue weighted by Crippen LogP contribution is 2.40. The van der Waals surface area contributed by atoms with Crippen LogP contribution in [0.1, 0.15) is 6.42 Å². The number of nitriles is 1. The third kappa shape index (κ3) is 2.95. The van der Waals surface area contributed by atoms with Crippen LogP contribution < -0.4 is 0 Å². The Morgan fingerprint density at radius 1 is 1.24 bits per heavy atom. The molecule has 0 radical (unpaired) electrons. The Labute approximate surface area is 167 Å². The zero-order valence-electron chi connectivity index (χ0n) is 16.2. The molecule has 148 valence electrons. The van der Waals surface area contributed by atoms with Gasteiger partial charge in [0, 0.05) is 48.9 Å². The summed E-state index contributed by atoms with van der Waals surface area (Å²) >= 11 is 0. The normalized spacial score (nSPS) is 15.6. The standard InChI is InChI=1S/C20H17FN6.CH4O/c1-26-10-20(11-26,5-6-22)27-9-16(14-3-2-13(21)8-17(14)27)18-15-4-7-23-19(15)25-12-24-18;1-2/h2-4,7-9,12H,5,10-11H2,1H3,(H,23,24,25);2H,1H3. The number of hydrogen-bond acceptors (Lipinski definition) is 5. The van der Waals surface area contributed by atoms with Gasteiger partial charge in [-0.15, -0.1) is 0 Å². The molecule has 3 aromatic heterocycles. The Bertz CT molecular complexity index is 1220. The van der Waals surface area contributed by atoms with Crippen LogP contribution in [0.2, 0.25) is 0 Å². The Hall–Kier alpha value is -3.28. The first-order valence-electron chi connectivity index (χ1n) is 9.21. The summed E-state index contributed by atoms with van der Waals surface area (Å²) in [4.78, 5) is 14.0. The van der Waals surface area contributed by atoms with E-state index in [1.165, 1.54) is 12.4 Å². The van der Waals surface area contributed by atoms with Gasteiger partial charge in [-0.1, -0.05) is 0 Å². The van der Waals surface area contributed by atoms with E-state index in [2.05, 4.69) is 30.5 Å². The maximum atomic E-state index is 14.1. The summed E-state index contributed by atoms with van der Waals surface area (Å²) in [6.45, 7) is 1.51. The molecule has 0 unspecified atom stereocenters. The van der Waals surface area contributed by atoms with Crippen molar-refractivity contribution in [1.82, 2.24) is 24.4 Å². The monoisotopic (exact) mass is 392 g/mol. The van der Waals surface area contributed by atoms with Crippen LogP contribution in [0.3, 0.4) is 0 Å². The van der Waals surface area contributed by atoms with Crippen molar-refractivity contribution in [3.05, 3.63) is 48.8 Å². The number of aliphatic hydroxyl groups is 1. The molecule has 29 heavy (non-hydrogen) atoms. The topological polar surface area (TPSA) is 93.8 Å². The van der Waals surface area contributed by atoms with Gasteiger partial charge in [-0.3, -0.25) is 0 Å².